The van der Waals surface area contributed by atoms with Crippen LogP contribution in [0.1, 0.15) is 24.9 Å². The van der Waals surface area contributed by atoms with Crippen LogP contribution in [0.5, 0.6) is 0 Å². The fraction of sp³-hybridized carbons (Fsp3) is 0.583. The summed E-state index contributed by atoms with van der Waals surface area (Å²) in [5.74, 6) is 0.471. The number of carbonyl (C=O) groups excluding carboxylic acids is 1. The van der Waals surface area contributed by atoms with Crippen molar-refractivity contribution in [2.24, 2.45) is 0 Å². The minimum Gasteiger partial charge on any atom is -0.466 e. The Hall–Kier alpha value is -1.20. The number of hydrogen-bond acceptors (Lipinski definition) is 5. The number of esters is 1. The minimum absolute atomic E-state index is 0.187. The van der Waals surface area contributed by atoms with Gasteiger partial charge in [-0.3, -0.25) is 9.69 Å². The number of ether oxygens (including phenoxy) is 1. The first kappa shape index (κ1) is 14.9. The maximum atomic E-state index is 11.2. The Morgan fingerprint density at radius 3 is 2.83 bits per heavy atom. The lowest BCUT2D eigenvalue weighted by Gasteiger charge is -2.15. The number of rotatable bonds is 6. The summed E-state index contributed by atoms with van der Waals surface area (Å²) in [5, 5.41) is 0.441. The molecule has 1 heterocycles. The highest BCUT2D eigenvalue weighted by molar-refractivity contribution is 6.29. The van der Waals surface area contributed by atoms with Crippen molar-refractivity contribution < 1.29 is 9.53 Å². The van der Waals surface area contributed by atoms with Gasteiger partial charge in [0.15, 0.2) is 0 Å². The Labute approximate surface area is 112 Å². The molecule has 0 saturated heterocycles. The molecule has 0 saturated carbocycles. The molecule has 18 heavy (non-hydrogen) atoms. The van der Waals surface area contributed by atoms with E-state index in [2.05, 4.69) is 9.97 Å². The largest absolute Gasteiger partial charge is 0.466 e. The molecule has 0 aromatic carbocycles. The Morgan fingerprint density at radius 1 is 1.50 bits per heavy atom. The second kappa shape index (κ2) is 7.28. The SMILES string of the molecule is CCOC(=O)CCN(C)Cc1nc(C)cc(Cl)n1. The van der Waals surface area contributed by atoms with E-state index in [1.54, 1.807) is 13.0 Å². The predicted molar refractivity (Wildman–Crippen MR) is 69.4 cm³/mol. The third-order valence-corrected chi connectivity index (χ3v) is 2.48. The van der Waals surface area contributed by atoms with Crippen molar-refractivity contribution in [3.8, 4) is 0 Å². The zero-order chi connectivity index (χ0) is 13.5. The van der Waals surface area contributed by atoms with Crippen LogP contribution in [0.15, 0.2) is 6.07 Å². The van der Waals surface area contributed by atoms with E-state index in [0.717, 1.165) is 5.69 Å². The van der Waals surface area contributed by atoms with Gasteiger partial charge in [-0.25, -0.2) is 9.97 Å². The Morgan fingerprint density at radius 2 is 2.22 bits per heavy atom. The van der Waals surface area contributed by atoms with Crippen LogP contribution in [0.2, 0.25) is 5.15 Å². The van der Waals surface area contributed by atoms with Gasteiger partial charge in [0, 0.05) is 12.2 Å². The number of halogens is 1. The summed E-state index contributed by atoms with van der Waals surface area (Å²) < 4.78 is 4.86. The van der Waals surface area contributed by atoms with Crippen LogP contribution in [0.25, 0.3) is 0 Å². The first-order chi connectivity index (χ1) is 8.51. The summed E-state index contributed by atoms with van der Waals surface area (Å²) in [5.41, 5.74) is 0.837. The molecule has 0 bridgehead atoms. The van der Waals surface area contributed by atoms with Gasteiger partial charge in [-0.05, 0) is 27.0 Å². The van der Waals surface area contributed by atoms with Crippen molar-refractivity contribution in [3.05, 3.63) is 22.7 Å². The average Bonchev–Trinajstić information content (AvgIpc) is 2.25. The standard InChI is InChI=1S/C12H18ClN3O2/c1-4-18-12(17)5-6-16(3)8-11-14-9(2)7-10(13)15-11/h7H,4-6,8H2,1-3H3. The topological polar surface area (TPSA) is 55.3 Å². The van der Waals surface area contributed by atoms with Gasteiger partial charge in [0.05, 0.1) is 19.6 Å². The van der Waals surface area contributed by atoms with Gasteiger partial charge < -0.3 is 4.74 Å². The fourth-order valence-corrected chi connectivity index (χ4v) is 1.75. The number of aryl methyl sites for hydroxylation is 1. The highest BCUT2D eigenvalue weighted by Gasteiger charge is 2.08. The van der Waals surface area contributed by atoms with E-state index in [9.17, 15) is 4.79 Å². The molecule has 1 rings (SSSR count). The molecule has 5 nitrogen and oxygen atoms in total. The van der Waals surface area contributed by atoms with Crippen LogP contribution in [-0.4, -0.2) is 41.0 Å². The van der Waals surface area contributed by atoms with Gasteiger partial charge in [-0.2, -0.15) is 0 Å². The van der Waals surface area contributed by atoms with Crippen LogP contribution >= 0.6 is 11.6 Å². The highest BCUT2D eigenvalue weighted by Crippen LogP contribution is 2.07. The molecule has 1 aromatic rings. The second-order valence-electron chi connectivity index (χ2n) is 4.04. The third-order valence-electron chi connectivity index (χ3n) is 2.28. The van der Waals surface area contributed by atoms with Crippen molar-refractivity contribution in [1.82, 2.24) is 14.9 Å². The summed E-state index contributed by atoms with van der Waals surface area (Å²) in [6.07, 6.45) is 0.365. The van der Waals surface area contributed by atoms with E-state index < -0.39 is 0 Å². The quantitative estimate of drug-likeness (QED) is 0.584. The lowest BCUT2D eigenvalue weighted by atomic mass is 10.3. The zero-order valence-electron chi connectivity index (χ0n) is 10.9. The maximum Gasteiger partial charge on any atom is 0.307 e. The first-order valence-corrected chi connectivity index (χ1v) is 6.23. The zero-order valence-corrected chi connectivity index (χ0v) is 11.7. The molecule has 0 N–H and O–H groups in total. The van der Waals surface area contributed by atoms with E-state index in [1.807, 2.05) is 18.9 Å². The molecule has 0 radical (unpaired) electrons. The summed E-state index contributed by atoms with van der Waals surface area (Å²) in [6.45, 7) is 5.24. The molecule has 0 unspecified atom stereocenters. The lowest BCUT2D eigenvalue weighted by Crippen LogP contribution is -2.23. The van der Waals surface area contributed by atoms with Gasteiger partial charge in [0.2, 0.25) is 0 Å². The van der Waals surface area contributed by atoms with Crippen LogP contribution in [0, 0.1) is 6.92 Å². The monoisotopic (exact) mass is 271 g/mol. The molecular weight excluding hydrogens is 254 g/mol. The summed E-state index contributed by atoms with van der Waals surface area (Å²) >= 11 is 5.86. The van der Waals surface area contributed by atoms with Crippen molar-refractivity contribution in [2.45, 2.75) is 26.8 Å². The summed E-state index contributed by atoms with van der Waals surface area (Å²) in [4.78, 5) is 21.6. The van der Waals surface area contributed by atoms with E-state index in [-0.39, 0.29) is 5.97 Å². The number of carbonyl (C=O) groups is 1. The van der Waals surface area contributed by atoms with Gasteiger partial charge in [-0.15, -0.1) is 0 Å². The Bertz CT molecular complexity index is 392. The van der Waals surface area contributed by atoms with E-state index >= 15 is 0 Å². The lowest BCUT2D eigenvalue weighted by molar-refractivity contribution is -0.143. The molecule has 100 valence electrons. The van der Waals surface area contributed by atoms with Crippen molar-refractivity contribution in [3.63, 3.8) is 0 Å². The molecular formula is C12H18ClN3O2. The van der Waals surface area contributed by atoms with Crippen molar-refractivity contribution >= 4 is 17.6 Å². The summed E-state index contributed by atoms with van der Waals surface area (Å²) in [7, 11) is 1.90. The van der Waals surface area contributed by atoms with Gasteiger partial charge in [0.1, 0.15) is 11.0 Å². The molecule has 0 atom stereocenters. The number of hydrogen-bond donors (Lipinski definition) is 0. The number of aromatic nitrogens is 2. The van der Waals surface area contributed by atoms with E-state index in [1.165, 1.54) is 0 Å². The fourth-order valence-electron chi connectivity index (χ4n) is 1.50. The van der Waals surface area contributed by atoms with Gasteiger partial charge >= 0.3 is 5.97 Å². The molecule has 0 aliphatic rings. The van der Waals surface area contributed by atoms with Crippen LogP contribution < -0.4 is 0 Å². The molecule has 0 fully saturated rings. The van der Waals surface area contributed by atoms with Crippen molar-refractivity contribution in [2.75, 3.05) is 20.2 Å². The Balaban J connectivity index is 2.44. The van der Waals surface area contributed by atoms with E-state index in [0.29, 0.717) is 37.1 Å². The van der Waals surface area contributed by atoms with Crippen LogP contribution in [0.4, 0.5) is 0 Å². The molecule has 0 aliphatic heterocycles. The van der Waals surface area contributed by atoms with Gasteiger partial charge in [0.25, 0.3) is 0 Å². The molecule has 0 aliphatic carbocycles. The predicted octanol–water partition coefficient (Wildman–Crippen LogP) is 1.82. The van der Waals surface area contributed by atoms with Gasteiger partial charge in [-0.1, -0.05) is 11.6 Å². The molecule has 1 aromatic heterocycles. The average molecular weight is 272 g/mol. The van der Waals surface area contributed by atoms with Crippen LogP contribution in [0.3, 0.4) is 0 Å². The maximum absolute atomic E-state index is 11.2. The molecule has 0 amide bonds. The number of nitrogens with zero attached hydrogens (tertiary/aromatic N) is 3. The molecule has 6 heteroatoms. The van der Waals surface area contributed by atoms with Crippen LogP contribution in [-0.2, 0) is 16.1 Å². The third kappa shape index (κ3) is 5.42. The normalized spacial score (nSPS) is 10.7. The Kier molecular flexibility index (Phi) is 6.01. The van der Waals surface area contributed by atoms with E-state index in [4.69, 9.17) is 16.3 Å². The summed E-state index contributed by atoms with van der Waals surface area (Å²) in [6, 6.07) is 1.71. The second-order valence-corrected chi connectivity index (χ2v) is 4.43. The smallest absolute Gasteiger partial charge is 0.307 e. The highest BCUT2D eigenvalue weighted by atomic mass is 35.5. The molecule has 0 spiro atoms. The van der Waals surface area contributed by atoms with Crippen molar-refractivity contribution in [1.29, 1.82) is 0 Å². The first-order valence-electron chi connectivity index (χ1n) is 5.85. The minimum atomic E-state index is -0.187.